The molecule has 1 aromatic carbocycles. The van der Waals surface area contributed by atoms with Gasteiger partial charge in [-0.1, -0.05) is 31.5 Å². The molecule has 140 valence electrons. The van der Waals surface area contributed by atoms with Crippen LogP contribution in [-0.2, 0) is 16.0 Å². The zero-order valence-electron chi connectivity index (χ0n) is 15.2. The Morgan fingerprint density at radius 3 is 2.77 bits per heavy atom. The van der Waals surface area contributed by atoms with Gasteiger partial charge >= 0.3 is 12.1 Å². The maximum Gasteiger partial charge on any atom is 0.408 e. The molecule has 0 radical (unpaired) electrons. The molecule has 1 aromatic heterocycles. The van der Waals surface area contributed by atoms with Crippen LogP contribution in [0.4, 0.5) is 4.79 Å². The van der Waals surface area contributed by atoms with Gasteiger partial charge in [-0.3, -0.25) is 0 Å². The summed E-state index contributed by atoms with van der Waals surface area (Å²) in [5.41, 5.74) is 0.339. The fourth-order valence-corrected chi connectivity index (χ4v) is 3.68. The second-order valence-electron chi connectivity index (χ2n) is 7.50. The summed E-state index contributed by atoms with van der Waals surface area (Å²) < 4.78 is 5.53. The standard InChI is InChI=1S/C20H26N2O4/c1-13-7-3-6-10-17(13)26-19(25)22-20(2,18(23)24)11-14-12-21-16-9-5-4-8-15(14)16/h4-5,8-9,12-13,17,21H,3,6-7,10-11H2,1-2H3,(H,22,25)(H,23,24)/t13-,17-,20+/m0/s1. The highest BCUT2D eigenvalue weighted by Crippen LogP contribution is 2.27. The van der Waals surface area contributed by atoms with E-state index in [0.29, 0.717) is 5.92 Å². The predicted octanol–water partition coefficient (Wildman–Crippen LogP) is 3.86. The maximum absolute atomic E-state index is 12.4. The van der Waals surface area contributed by atoms with E-state index >= 15 is 0 Å². The van der Waals surface area contributed by atoms with E-state index in [2.05, 4.69) is 17.2 Å². The van der Waals surface area contributed by atoms with E-state index < -0.39 is 17.6 Å². The SMILES string of the molecule is C[C@H]1CCCC[C@@H]1OC(=O)N[C@](C)(Cc1c[nH]c2ccccc12)C(=O)O. The highest BCUT2D eigenvalue weighted by atomic mass is 16.6. The molecule has 1 fully saturated rings. The van der Waals surface area contributed by atoms with Crippen LogP contribution in [0.15, 0.2) is 30.5 Å². The molecule has 0 bridgehead atoms. The van der Waals surface area contributed by atoms with Gasteiger partial charge in [-0.05, 0) is 43.7 Å². The highest BCUT2D eigenvalue weighted by molar-refractivity contribution is 5.87. The number of rotatable bonds is 5. The fraction of sp³-hybridized carbons (Fsp3) is 0.500. The molecule has 2 aromatic rings. The lowest BCUT2D eigenvalue weighted by Gasteiger charge is -2.31. The number of aromatic amines is 1. The fourth-order valence-electron chi connectivity index (χ4n) is 3.68. The van der Waals surface area contributed by atoms with E-state index in [1.54, 1.807) is 6.20 Å². The van der Waals surface area contributed by atoms with Gasteiger partial charge in [0.25, 0.3) is 0 Å². The van der Waals surface area contributed by atoms with Gasteiger partial charge < -0.3 is 20.1 Å². The Labute approximate surface area is 152 Å². The zero-order chi connectivity index (χ0) is 18.7. The number of benzene rings is 1. The van der Waals surface area contributed by atoms with Gasteiger partial charge in [0.15, 0.2) is 0 Å². The van der Waals surface area contributed by atoms with Crippen LogP contribution in [0.1, 0.15) is 45.1 Å². The Kier molecular flexibility index (Phi) is 5.20. The van der Waals surface area contributed by atoms with Crippen LogP contribution in [0.3, 0.4) is 0 Å². The normalized spacial score (nSPS) is 22.5. The second kappa shape index (κ2) is 7.40. The second-order valence-corrected chi connectivity index (χ2v) is 7.50. The Hall–Kier alpha value is -2.50. The summed E-state index contributed by atoms with van der Waals surface area (Å²) in [6, 6.07) is 7.69. The Morgan fingerprint density at radius 2 is 2.04 bits per heavy atom. The summed E-state index contributed by atoms with van der Waals surface area (Å²) in [7, 11) is 0. The van der Waals surface area contributed by atoms with Crippen molar-refractivity contribution in [2.75, 3.05) is 0 Å². The van der Waals surface area contributed by atoms with Gasteiger partial charge in [-0.25, -0.2) is 9.59 Å². The Balaban J connectivity index is 1.72. The molecular formula is C20H26N2O4. The van der Waals surface area contributed by atoms with E-state index in [1.807, 2.05) is 24.3 Å². The topological polar surface area (TPSA) is 91.4 Å². The van der Waals surface area contributed by atoms with Crippen LogP contribution >= 0.6 is 0 Å². The van der Waals surface area contributed by atoms with Crippen molar-refractivity contribution in [2.45, 2.75) is 57.6 Å². The number of para-hydroxylation sites is 1. The first-order valence-corrected chi connectivity index (χ1v) is 9.16. The van der Waals surface area contributed by atoms with E-state index in [0.717, 1.165) is 42.1 Å². The minimum Gasteiger partial charge on any atom is -0.480 e. The quantitative estimate of drug-likeness (QED) is 0.757. The minimum atomic E-state index is -1.44. The Morgan fingerprint density at radius 1 is 1.31 bits per heavy atom. The number of alkyl carbamates (subject to hydrolysis) is 1. The van der Waals surface area contributed by atoms with Crippen LogP contribution in [0.25, 0.3) is 10.9 Å². The first-order chi connectivity index (χ1) is 12.4. The molecular weight excluding hydrogens is 332 g/mol. The van der Waals surface area contributed by atoms with Gasteiger partial charge in [-0.2, -0.15) is 0 Å². The van der Waals surface area contributed by atoms with Gasteiger partial charge in [0, 0.05) is 23.5 Å². The number of carbonyl (C=O) groups excluding carboxylic acids is 1. The van der Waals surface area contributed by atoms with Crippen molar-refractivity contribution >= 4 is 23.0 Å². The molecule has 0 spiro atoms. The molecule has 1 aliphatic rings. The third-order valence-corrected chi connectivity index (χ3v) is 5.36. The largest absolute Gasteiger partial charge is 0.480 e. The lowest BCUT2D eigenvalue weighted by molar-refractivity contribution is -0.144. The van der Waals surface area contributed by atoms with Crippen LogP contribution in [0.2, 0.25) is 0 Å². The lowest BCUT2D eigenvalue weighted by Crippen LogP contribution is -2.54. The first-order valence-electron chi connectivity index (χ1n) is 9.16. The summed E-state index contributed by atoms with van der Waals surface area (Å²) in [6.45, 7) is 3.59. The summed E-state index contributed by atoms with van der Waals surface area (Å²) in [5, 5.41) is 13.3. The average molecular weight is 358 g/mol. The lowest BCUT2D eigenvalue weighted by atomic mass is 9.88. The smallest absolute Gasteiger partial charge is 0.408 e. The molecule has 0 unspecified atom stereocenters. The van der Waals surface area contributed by atoms with Crippen molar-refractivity contribution in [3.05, 3.63) is 36.0 Å². The average Bonchev–Trinajstić information content (AvgIpc) is 2.99. The number of ether oxygens (including phenoxy) is 1. The Bertz CT molecular complexity index is 800. The third kappa shape index (κ3) is 3.84. The molecule has 3 N–H and O–H groups in total. The summed E-state index contributed by atoms with van der Waals surface area (Å²) >= 11 is 0. The molecule has 0 saturated heterocycles. The molecule has 0 aliphatic heterocycles. The number of amides is 1. The first kappa shape index (κ1) is 18.3. The highest BCUT2D eigenvalue weighted by Gasteiger charge is 2.37. The molecule has 26 heavy (non-hydrogen) atoms. The molecule has 3 rings (SSSR count). The van der Waals surface area contributed by atoms with Crippen molar-refractivity contribution in [2.24, 2.45) is 5.92 Å². The van der Waals surface area contributed by atoms with Crippen molar-refractivity contribution in [3.63, 3.8) is 0 Å². The number of carboxylic acids is 1. The van der Waals surface area contributed by atoms with Crippen LogP contribution < -0.4 is 5.32 Å². The van der Waals surface area contributed by atoms with Gasteiger partial charge in [0.2, 0.25) is 0 Å². The molecule has 1 saturated carbocycles. The van der Waals surface area contributed by atoms with Crippen molar-refractivity contribution in [3.8, 4) is 0 Å². The number of H-pyrrole nitrogens is 1. The number of aromatic nitrogens is 1. The molecule has 6 nitrogen and oxygen atoms in total. The third-order valence-electron chi connectivity index (χ3n) is 5.36. The van der Waals surface area contributed by atoms with Crippen LogP contribution in [-0.4, -0.2) is 33.8 Å². The van der Waals surface area contributed by atoms with Crippen LogP contribution in [0, 0.1) is 5.92 Å². The molecule has 1 amide bonds. The van der Waals surface area contributed by atoms with E-state index in [4.69, 9.17) is 4.74 Å². The minimum absolute atomic E-state index is 0.144. The molecule has 6 heteroatoms. The van der Waals surface area contributed by atoms with Gasteiger partial charge in [0.05, 0.1) is 0 Å². The van der Waals surface area contributed by atoms with Crippen molar-refractivity contribution < 1.29 is 19.4 Å². The molecule has 1 aliphatic carbocycles. The maximum atomic E-state index is 12.4. The molecule has 3 atom stereocenters. The monoisotopic (exact) mass is 358 g/mol. The predicted molar refractivity (Wildman–Crippen MR) is 99.1 cm³/mol. The number of hydrogen-bond acceptors (Lipinski definition) is 3. The number of carbonyl (C=O) groups is 2. The van der Waals surface area contributed by atoms with Crippen LogP contribution in [0.5, 0.6) is 0 Å². The summed E-state index contributed by atoms with van der Waals surface area (Å²) in [6.07, 6.45) is 5.21. The number of aliphatic carboxylic acids is 1. The van der Waals surface area contributed by atoms with Crippen molar-refractivity contribution in [1.29, 1.82) is 0 Å². The van der Waals surface area contributed by atoms with Crippen molar-refractivity contribution in [1.82, 2.24) is 10.3 Å². The van der Waals surface area contributed by atoms with E-state index in [1.165, 1.54) is 6.92 Å². The summed E-state index contributed by atoms with van der Waals surface area (Å²) in [5.74, 6) is -0.782. The van der Waals surface area contributed by atoms with Gasteiger partial charge in [0.1, 0.15) is 11.6 Å². The van der Waals surface area contributed by atoms with E-state index in [9.17, 15) is 14.7 Å². The van der Waals surface area contributed by atoms with E-state index in [-0.39, 0.29) is 12.5 Å². The number of fused-ring (bicyclic) bond motifs is 1. The number of nitrogens with one attached hydrogen (secondary N) is 2. The zero-order valence-corrected chi connectivity index (χ0v) is 15.2. The number of hydrogen-bond donors (Lipinski definition) is 3. The van der Waals surface area contributed by atoms with Gasteiger partial charge in [-0.15, -0.1) is 0 Å². The summed E-state index contributed by atoms with van der Waals surface area (Å²) in [4.78, 5) is 27.4. The number of carboxylic acid groups (broad SMARTS) is 1. The molecule has 1 heterocycles.